The summed E-state index contributed by atoms with van der Waals surface area (Å²) in [6.07, 6.45) is 14.9. The molecule has 0 saturated carbocycles. The van der Waals surface area contributed by atoms with Crippen LogP contribution in [-0.2, 0) is 32.7 Å². The van der Waals surface area contributed by atoms with E-state index in [0.29, 0.717) is 0 Å². The number of hydrogen-bond acceptors (Lipinski definition) is 0. The summed E-state index contributed by atoms with van der Waals surface area (Å²) in [4.78, 5) is 0. The van der Waals surface area contributed by atoms with E-state index in [1.54, 1.807) is 0 Å². The van der Waals surface area contributed by atoms with Crippen molar-refractivity contribution in [3.05, 3.63) is 0 Å². The van der Waals surface area contributed by atoms with Crippen molar-refractivity contribution < 1.29 is 134 Å². The van der Waals surface area contributed by atoms with E-state index >= 15 is 0 Å². The summed E-state index contributed by atoms with van der Waals surface area (Å²) in [5, 5.41) is 0. The molecule has 0 aliphatic rings. The van der Waals surface area contributed by atoms with E-state index in [4.69, 9.17) is 19.2 Å². The van der Waals surface area contributed by atoms with Crippen LogP contribution in [0.15, 0.2) is 0 Å². The number of hydrogen-bond donors (Lipinski definition) is 0. The fourth-order valence-corrected chi connectivity index (χ4v) is 0. The summed E-state index contributed by atoms with van der Waals surface area (Å²) >= 11 is -1.79. The summed E-state index contributed by atoms with van der Waals surface area (Å²) in [5.41, 5.74) is 0. The van der Waals surface area contributed by atoms with E-state index in [9.17, 15) is 0 Å². The van der Waals surface area contributed by atoms with Crippen LogP contribution < -0.4 is 0 Å². The van der Waals surface area contributed by atoms with E-state index in [2.05, 4.69) is 0 Å². The first-order valence-electron chi connectivity index (χ1n) is 0.342. The molecule has 0 nitrogen and oxygen atoms in total. The zero-order valence-corrected chi connectivity index (χ0v) is 13.3. The molecule has 0 aromatic carbocycles. The minimum absolute atomic E-state index is 0. The van der Waals surface area contributed by atoms with E-state index in [-0.39, 0.29) is 107 Å². The molecule has 60 valence electrons. The topological polar surface area (TPSA) is 0 Å². The van der Waals surface area contributed by atoms with Crippen LogP contribution in [0.25, 0.3) is 0 Å². The molecule has 7 heavy (non-hydrogen) atoms. The van der Waals surface area contributed by atoms with E-state index in [0.717, 1.165) is 0 Å². The molecule has 0 bridgehead atoms. The van der Waals surface area contributed by atoms with Crippen LogP contribution in [0, 0.1) is 102 Å². The second kappa shape index (κ2) is 17.7. The van der Waals surface area contributed by atoms with Gasteiger partial charge in [-0.2, -0.15) is 0 Å². The van der Waals surface area contributed by atoms with Crippen molar-refractivity contribution in [1.82, 2.24) is 0 Å². The molecule has 0 aromatic heterocycles. The smallest absolute Gasteiger partial charge is 0 e. The quantitative estimate of drug-likeness (QED) is 0.341. The predicted octanol–water partition coefficient (Wildman–Crippen LogP) is 2.07. The molecule has 0 N–H and O–H groups in total. The van der Waals surface area contributed by atoms with Crippen LogP contribution in [0.2, 0.25) is 0 Å². The third-order valence-electron chi connectivity index (χ3n) is 0. The molecule has 0 aliphatic heterocycles. The molecule has 0 heterocycles. The maximum absolute atomic E-state index is 4.95. The number of halogens is 3. The van der Waals surface area contributed by atoms with Crippen LogP contribution in [-0.4, -0.2) is 0 Å². The minimum atomic E-state index is -1.79. The van der Waals surface area contributed by atoms with Crippen molar-refractivity contribution >= 4 is 19.2 Å². The molecule has 0 unspecified atom stereocenters. The normalized spacial score (nSPS) is 6.43. The monoisotopic (exact) mass is 694 g/mol. The molecule has 0 spiro atoms. The second-order valence-corrected chi connectivity index (χ2v) is 8.62. The average Bonchev–Trinajstić information content (AvgIpc) is 0.811. The Morgan fingerprint density at radius 1 is 1.00 bits per heavy atom. The first-order valence-corrected chi connectivity index (χ1v) is 7.61. The number of rotatable bonds is 0. The Labute approximate surface area is 148 Å². The van der Waals surface area contributed by atoms with Crippen molar-refractivity contribution in [1.29, 1.82) is 0 Å². The van der Waals surface area contributed by atoms with Gasteiger partial charge in [0.15, 0.2) is 0 Å². The van der Waals surface area contributed by atoms with Gasteiger partial charge in [-0.3, -0.25) is 0 Å². The minimum Gasteiger partial charge on any atom is 0 e. The third kappa shape index (κ3) is 33.9. The first kappa shape index (κ1) is 23.0. The molecule has 0 aromatic rings. The molecule has 0 atom stereocenters. The van der Waals surface area contributed by atoms with Gasteiger partial charge in [-0.1, -0.05) is 0 Å². The standard InChI is InChI=1S/3ClH.Er.Ho.Tm.Y/h3*1H;;;;/q;;;;+3;;/p-3. The Balaban J connectivity index is -0.0000000150. The molecule has 0 fully saturated rings. The molecular formula is Cl3ErHoTmY. The van der Waals surface area contributed by atoms with Crippen LogP contribution in [0.4, 0.5) is 0 Å². The molecule has 0 amide bonds. The average molecular weight is 696 g/mol. The van der Waals surface area contributed by atoms with E-state index in [1.165, 1.54) is 0 Å². The fourth-order valence-electron chi connectivity index (χ4n) is 0. The van der Waals surface area contributed by atoms with Gasteiger partial charge in [0.25, 0.3) is 0 Å². The summed E-state index contributed by atoms with van der Waals surface area (Å²) < 4.78 is 0. The van der Waals surface area contributed by atoms with E-state index < -0.39 is 27.4 Å². The van der Waals surface area contributed by atoms with Crippen LogP contribution in [0.3, 0.4) is 0 Å². The van der Waals surface area contributed by atoms with Crippen molar-refractivity contribution in [2.24, 2.45) is 0 Å². The van der Waals surface area contributed by atoms with Crippen molar-refractivity contribution in [2.45, 2.75) is 0 Å². The zero-order valence-electron chi connectivity index (χ0n) is 2.58. The SMILES string of the molecule is [Cl][Ho]([Cl])[Cl].[Er].[Tm].[Y]. The van der Waals surface area contributed by atoms with Gasteiger partial charge >= 0.3 is 46.6 Å². The van der Waals surface area contributed by atoms with Gasteiger partial charge in [0.05, 0.1) is 0 Å². The van der Waals surface area contributed by atoms with Gasteiger partial charge in [0.1, 0.15) is 0 Å². The Hall–Kier alpha value is 5.71. The summed E-state index contributed by atoms with van der Waals surface area (Å²) in [6.45, 7) is 0. The molecule has 0 aliphatic carbocycles. The summed E-state index contributed by atoms with van der Waals surface area (Å²) in [7, 11) is 0. The molecule has 2 radical (unpaired) electrons. The third-order valence-corrected chi connectivity index (χ3v) is 0. The van der Waals surface area contributed by atoms with Crippen molar-refractivity contribution in [3.63, 3.8) is 0 Å². The van der Waals surface area contributed by atoms with Gasteiger partial charge in [-0.15, -0.1) is 0 Å². The van der Waals surface area contributed by atoms with E-state index in [1.807, 2.05) is 0 Å². The molecular weight excluding hydrogens is 696 g/mol. The van der Waals surface area contributed by atoms with Crippen LogP contribution in [0.1, 0.15) is 0 Å². The largest absolute Gasteiger partial charge is 0 e. The van der Waals surface area contributed by atoms with Gasteiger partial charge in [-0.25, -0.2) is 0 Å². The fraction of sp³-hybridized carbons (Fsp3) is 0. The molecule has 7 heteroatoms. The van der Waals surface area contributed by atoms with Gasteiger partial charge in [-0.05, 0) is 0 Å². The second-order valence-electron chi connectivity index (χ2n) is 0.129. The summed E-state index contributed by atoms with van der Waals surface area (Å²) in [5.74, 6) is 0. The Kier molecular flexibility index (Phi) is 58.1. The maximum Gasteiger partial charge on any atom is 0 e. The zero-order chi connectivity index (χ0) is 3.58. The van der Waals surface area contributed by atoms with Crippen molar-refractivity contribution in [3.8, 4) is 0 Å². The van der Waals surface area contributed by atoms with Crippen molar-refractivity contribution in [2.75, 3.05) is 0 Å². The first-order chi connectivity index (χ1) is 1.73. The maximum atomic E-state index is 4.95. The Morgan fingerprint density at radius 3 is 1.00 bits per heavy atom. The molecule has 0 rings (SSSR count). The summed E-state index contributed by atoms with van der Waals surface area (Å²) in [6, 6.07) is 0. The Morgan fingerprint density at radius 2 is 1.00 bits per heavy atom. The van der Waals surface area contributed by atoms with Gasteiger partial charge in [0, 0.05) is 107 Å². The van der Waals surface area contributed by atoms with Crippen LogP contribution >= 0.6 is 19.2 Å². The van der Waals surface area contributed by atoms with Gasteiger partial charge < -0.3 is 0 Å². The van der Waals surface area contributed by atoms with Gasteiger partial charge in [0.2, 0.25) is 0 Å². The Bertz CT molecular complexity index is 19.7. The molecule has 0 saturated heterocycles. The van der Waals surface area contributed by atoms with Crippen LogP contribution in [0.5, 0.6) is 0 Å². The predicted molar refractivity (Wildman–Crippen MR) is 17.6 cm³/mol.